The van der Waals surface area contributed by atoms with Gasteiger partial charge in [-0.2, -0.15) is 0 Å². The van der Waals surface area contributed by atoms with Gasteiger partial charge in [-0.25, -0.2) is 9.78 Å². The number of carboxylic acid groups (broad SMARTS) is 1. The summed E-state index contributed by atoms with van der Waals surface area (Å²) in [6.07, 6.45) is -0.552. The van der Waals surface area contributed by atoms with Crippen LogP contribution in [-0.4, -0.2) is 41.7 Å². The molecule has 202 valence electrons. The van der Waals surface area contributed by atoms with Gasteiger partial charge in [0.2, 0.25) is 0 Å². The number of aliphatic carboxylic acids is 1. The number of hydrogen-bond donors (Lipinski definition) is 4. The maximum absolute atomic E-state index is 12.2. The highest BCUT2D eigenvalue weighted by Gasteiger charge is 2.14. The number of aromatic nitrogens is 1. The number of benzene rings is 3. The van der Waals surface area contributed by atoms with E-state index in [1.807, 2.05) is 61.6 Å². The molecule has 0 fully saturated rings. The van der Waals surface area contributed by atoms with Gasteiger partial charge in [0.1, 0.15) is 12.3 Å². The van der Waals surface area contributed by atoms with Crippen molar-refractivity contribution < 1.29 is 24.2 Å². The van der Waals surface area contributed by atoms with Crippen LogP contribution in [0, 0.1) is 0 Å². The summed E-state index contributed by atoms with van der Waals surface area (Å²) < 4.78 is 6.23. The maximum atomic E-state index is 12.2. The molecule has 0 radical (unpaired) electrons. The molecule has 5 rings (SSSR count). The fraction of sp³-hybridized carbons (Fsp3) is 0.0667. The molecular formula is C30H25BrN4O5. The SMILES string of the molecule is CNc1cccc2c3cccc(NC(=O)Oc4ccc(Br)cc4)cc-3nc12.O=C(O)CNC(=O)c1ccccc1. The average molecular weight is 601 g/mol. The molecule has 2 aliphatic rings. The maximum Gasteiger partial charge on any atom is 0.417 e. The molecule has 1 aliphatic heterocycles. The summed E-state index contributed by atoms with van der Waals surface area (Å²) in [6.45, 7) is -0.353. The monoisotopic (exact) mass is 600 g/mol. The summed E-state index contributed by atoms with van der Waals surface area (Å²) in [6, 6.07) is 29.1. The van der Waals surface area contributed by atoms with Crippen molar-refractivity contribution in [2.75, 3.05) is 24.2 Å². The Hall–Kier alpha value is -4.96. The highest BCUT2D eigenvalue weighted by molar-refractivity contribution is 9.10. The van der Waals surface area contributed by atoms with Crippen LogP contribution in [0.2, 0.25) is 0 Å². The summed E-state index contributed by atoms with van der Waals surface area (Å²) in [5.41, 5.74) is 4.78. The number of fused-ring (bicyclic) bond motifs is 3. The number of ether oxygens (including phenoxy) is 1. The van der Waals surface area contributed by atoms with E-state index in [9.17, 15) is 14.4 Å². The Morgan fingerprint density at radius 3 is 2.33 bits per heavy atom. The third kappa shape index (κ3) is 7.33. The van der Waals surface area contributed by atoms with Crippen LogP contribution in [0.4, 0.5) is 16.2 Å². The Morgan fingerprint density at radius 1 is 0.900 bits per heavy atom. The predicted octanol–water partition coefficient (Wildman–Crippen LogP) is 6.26. The lowest BCUT2D eigenvalue weighted by atomic mass is 10.1. The van der Waals surface area contributed by atoms with Gasteiger partial charge in [0, 0.05) is 33.7 Å². The van der Waals surface area contributed by atoms with Crippen molar-refractivity contribution in [3.63, 3.8) is 0 Å². The molecule has 0 saturated heterocycles. The van der Waals surface area contributed by atoms with E-state index in [1.165, 1.54) is 0 Å². The number of anilines is 2. The van der Waals surface area contributed by atoms with Gasteiger partial charge in [-0.15, -0.1) is 0 Å². The van der Waals surface area contributed by atoms with Gasteiger partial charge < -0.3 is 20.5 Å². The van der Waals surface area contributed by atoms with Crippen molar-refractivity contribution in [2.24, 2.45) is 0 Å². The second kappa shape index (κ2) is 13.2. The fourth-order valence-corrected chi connectivity index (χ4v) is 4.07. The molecule has 2 amide bonds. The molecular weight excluding hydrogens is 576 g/mol. The molecule has 9 nitrogen and oxygen atoms in total. The minimum atomic E-state index is -1.05. The van der Waals surface area contributed by atoms with E-state index in [1.54, 1.807) is 42.5 Å². The molecule has 0 aromatic heterocycles. The first-order chi connectivity index (χ1) is 19.3. The Balaban J connectivity index is 0.000000240. The number of rotatable bonds is 6. The van der Waals surface area contributed by atoms with Crippen LogP contribution in [0.1, 0.15) is 10.4 Å². The van der Waals surface area contributed by atoms with Crippen molar-refractivity contribution in [1.29, 1.82) is 0 Å². The number of halogens is 1. The number of amides is 2. The molecule has 3 aromatic rings. The molecule has 0 bridgehead atoms. The molecule has 0 atom stereocenters. The first-order valence-corrected chi connectivity index (χ1v) is 12.9. The summed E-state index contributed by atoms with van der Waals surface area (Å²) >= 11 is 3.35. The van der Waals surface area contributed by atoms with Gasteiger partial charge in [0.05, 0.1) is 16.9 Å². The van der Waals surface area contributed by atoms with Gasteiger partial charge in [-0.1, -0.05) is 58.4 Å². The zero-order valence-electron chi connectivity index (χ0n) is 21.4. The summed E-state index contributed by atoms with van der Waals surface area (Å²) in [5.74, 6) is -0.954. The number of nitrogens with one attached hydrogen (secondary N) is 3. The molecule has 10 heteroatoms. The number of hydrogen-bond acceptors (Lipinski definition) is 6. The van der Waals surface area contributed by atoms with E-state index in [0.29, 0.717) is 17.0 Å². The molecule has 4 N–H and O–H groups in total. The number of carboxylic acids is 1. The lowest BCUT2D eigenvalue weighted by Crippen LogP contribution is -2.29. The number of carbonyl (C=O) groups is 3. The van der Waals surface area contributed by atoms with Crippen LogP contribution in [0.25, 0.3) is 22.2 Å². The number of para-hydroxylation sites is 1. The second-order valence-electron chi connectivity index (χ2n) is 8.40. The topological polar surface area (TPSA) is 130 Å². The zero-order valence-corrected chi connectivity index (χ0v) is 22.9. The minimum absolute atomic E-state index is 0.353. The first-order valence-electron chi connectivity index (χ1n) is 12.1. The highest BCUT2D eigenvalue weighted by atomic mass is 79.9. The van der Waals surface area contributed by atoms with Crippen molar-refractivity contribution in [1.82, 2.24) is 10.3 Å². The van der Waals surface area contributed by atoms with E-state index in [2.05, 4.69) is 31.9 Å². The lowest BCUT2D eigenvalue weighted by molar-refractivity contribution is -0.135. The largest absolute Gasteiger partial charge is 0.480 e. The van der Waals surface area contributed by atoms with Crippen LogP contribution >= 0.6 is 15.9 Å². The van der Waals surface area contributed by atoms with E-state index >= 15 is 0 Å². The summed E-state index contributed by atoms with van der Waals surface area (Å²) in [5, 5.41) is 17.5. The Bertz CT molecular complexity index is 1610. The van der Waals surface area contributed by atoms with E-state index in [0.717, 1.165) is 32.3 Å². The average Bonchev–Trinajstić information content (AvgIpc) is 3.18. The van der Waals surface area contributed by atoms with Crippen molar-refractivity contribution in [2.45, 2.75) is 0 Å². The fourth-order valence-electron chi connectivity index (χ4n) is 3.81. The summed E-state index contributed by atoms with van der Waals surface area (Å²) in [7, 11) is 1.87. The van der Waals surface area contributed by atoms with Gasteiger partial charge in [-0.05, 0) is 54.6 Å². The molecule has 0 unspecified atom stereocenters. The lowest BCUT2D eigenvalue weighted by Gasteiger charge is -2.05. The summed E-state index contributed by atoms with van der Waals surface area (Å²) in [4.78, 5) is 38.2. The van der Waals surface area contributed by atoms with Crippen molar-refractivity contribution in [3.8, 4) is 17.0 Å². The minimum Gasteiger partial charge on any atom is -0.480 e. The van der Waals surface area contributed by atoms with E-state index in [-0.39, 0.29) is 12.5 Å². The van der Waals surface area contributed by atoms with Crippen LogP contribution < -0.4 is 20.7 Å². The van der Waals surface area contributed by atoms with E-state index in [4.69, 9.17) is 14.8 Å². The quantitative estimate of drug-likeness (QED) is 0.181. The van der Waals surface area contributed by atoms with Gasteiger partial charge in [0.15, 0.2) is 0 Å². The predicted molar refractivity (Wildman–Crippen MR) is 158 cm³/mol. The van der Waals surface area contributed by atoms with Crippen LogP contribution in [-0.2, 0) is 4.79 Å². The standard InChI is InChI=1S/C21H16BrN3O2.C9H9NO3/c1-23-18-7-3-6-17-16-5-2-4-14(12-19(16)25-20(17)18)24-21(26)27-15-10-8-13(22)9-11-15;11-8(12)6-10-9(13)7-4-2-1-3-5-7/h2-12,23H,1H3,(H,24,26);1-5H,6H2,(H,10,13)(H,11,12). The molecule has 40 heavy (non-hydrogen) atoms. The molecule has 0 saturated carbocycles. The highest BCUT2D eigenvalue weighted by Crippen LogP contribution is 2.35. The third-order valence-electron chi connectivity index (χ3n) is 5.64. The smallest absolute Gasteiger partial charge is 0.417 e. The Morgan fingerprint density at radius 2 is 1.62 bits per heavy atom. The Kier molecular flexibility index (Phi) is 9.27. The van der Waals surface area contributed by atoms with Crippen LogP contribution in [0.3, 0.4) is 0 Å². The van der Waals surface area contributed by atoms with E-state index < -0.39 is 12.1 Å². The number of nitrogens with zero attached hydrogens (tertiary/aromatic N) is 1. The van der Waals surface area contributed by atoms with Gasteiger partial charge in [-0.3, -0.25) is 14.9 Å². The van der Waals surface area contributed by atoms with Crippen LogP contribution in [0.15, 0.2) is 102 Å². The van der Waals surface area contributed by atoms with Gasteiger partial charge in [0.25, 0.3) is 5.91 Å². The van der Waals surface area contributed by atoms with Crippen molar-refractivity contribution in [3.05, 3.63) is 107 Å². The van der Waals surface area contributed by atoms with Crippen molar-refractivity contribution >= 4 is 56.2 Å². The number of carbonyl (C=O) groups excluding carboxylic acids is 2. The zero-order chi connectivity index (χ0) is 28.5. The first kappa shape index (κ1) is 28.1. The molecule has 0 spiro atoms. The van der Waals surface area contributed by atoms with Crippen LogP contribution in [0.5, 0.6) is 5.75 Å². The van der Waals surface area contributed by atoms with Gasteiger partial charge >= 0.3 is 12.1 Å². The third-order valence-corrected chi connectivity index (χ3v) is 6.17. The molecule has 1 heterocycles. The molecule has 1 aliphatic carbocycles. The second-order valence-corrected chi connectivity index (χ2v) is 9.31. The normalized spacial score (nSPS) is 10.2. The Labute approximate surface area is 238 Å². The molecule has 3 aromatic carbocycles.